The Labute approximate surface area is 114 Å². The van der Waals surface area contributed by atoms with E-state index in [1.807, 2.05) is 43.4 Å². The van der Waals surface area contributed by atoms with Crippen LogP contribution in [0.15, 0.2) is 52.8 Å². The van der Waals surface area contributed by atoms with Gasteiger partial charge in [0.1, 0.15) is 6.33 Å². The van der Waals surface area contributed by atoms with Crippen molar-refractivity contribution in [1.82, 2.24) is 14.8 Å². The number of aromatic nitrogens is 3. The topological polar surface area (TPSA) is 54.5 Å². The molecule has 0 aliphatic rings. The highest BCUT2D eigenvalue weighted by Crippen LogP contribution is 2.33. The molecular weight excluding hydrogens is 256 g/mol. The highest BCUT2D eigenvalue weighted by molar-refractivity contribution is 7.99. The molecule has 19 heavy (non-hydrogen) atoms. The van der Waals surface area contributed by atoms with Gasteiger partial charge < -0.3 is 0 Å². The quantitative estimate of drug-likeness (QED) is 0.715. The van der Waals surface area contributed by atoms with Crippen LogP contribution in [0.5, 0.6) is 0 Å². The van der Waals surface area contributed by atoms with Crippen molar-refractivity contribution in [2.45, 2.75) is 10.1 Å². The minimum atomic E-state index is 0.693. The lowest BCUT2D eigenvalue weighted by molar-refractivity contribution is 0.685. The zero-order chi connectivity index (χ0) is 13.2. The van der Waals surface area contributed by atoms with Gasteiger partial charge in [-0.1, -0.05) is 24.3 Å². The van der Waals surface area contributed by atoms with Gasteiger partial charge in [-0.3, -0.25) is 0 Å². The third-order valence-electron chi connectivity index (χ3n) is 2.88. The first-order chi connectivity index (χ1) is 9.29. The Morgan fingerprint density at radius 1 is 1.16 bits per heavy atom. The summed E-state index contributed by atoms with van der Waals surface area (Å²) >= 11 is 1.55. The van der Waals surface area contributed by atoms with Gasteiger partial charge in [0, 0.05) is 17.3 Å². The van der Waals surface area contributed by atoms with Crippen molar-refractivity contribution in [2.75, 3.05) is 0 Å². The van der Waals surface area contributed by atoms with Crippen LogP contribution in [-0.4, -0.2) is 14.8 Å². The molecule has 0 aliphatic carbocycles. The molecule has 0 unspecified atom stereocenters. The summed E-state index contributed by atoms with van der Waals surface area (Å²) in [5.74, 6) is 0. The lowest BCUT2D eigenvalue weighted by Crippen LogP contribution is -1.92. The van der Waals surface area contributed by atoms with Crippen molar-refractivity contribution < 1.29 is 0 Å². The summed E-state index contributed by atoms with van der Waals surface area (Å²) in [6.45, 7) is 0. The first kappa shape index (κ1) is 11.8. The van der Waals surface area contributed by atoms with E-state index in [9.17, 15) is 0 Å². The molecule has 1 heterocycles. The van der Waals surface area contributed by atoms with Gasteiger partial charge in [0.05, 0.1) is 11.6 Å². The highest BCUT2D eigenvalue weighted by Gasteiger charge is 2.09. The second-order valence-corrected chi connectivity index (χ2v) is 5.05. The number of hydrogen-bond donors (Lipinski definition) is 0. The largest absolute Gasteiger partial charge is 0.244 e. The first-order valence-electron chi connectivity index (χ1n) is 5.73. The molecule has 2 aromatic carbocycles. The molecule has 0 amide bonds. The van der Waals surface area contributed by atoms with Gasteiger partial charge in [0.15, 0.2) is 5.16 Å². The Morgan fingerprint density at radius 3 is 2.63 bits per heavy atom. The number of hydrogen-bond acceptors (Lipinski definition) is 4. The molecule has 92 valence electrons. The average Bonchev–Trinajstić information content (AvgIpc) is 2.85. The molecule has 3 rings (SSSR count). The maximum absolute atomic E-state index is 9.14. The summed E-state index contributed by atoms with van der Waals surface area (Å²) in [5, 5.41) is 16.1. The maximum atomic E-state index is 9.14. The zero-order valence-electron chi connectivity index (χ0n) is 10.2. The Hall–Kier alpha value is -2.32. The van der Waals surface area contributed by atoms with E-state index in [2.05, 4.69) is 16.2 Å². The predicted molar refractivity (Wildman–Crippen MR) is 73.8 cm³/mol. The van der Waals surface area contributed by atoms with Crippen LogP contribution in [0.1, 0.15) is 5.56 Å². The molecule has 1 aromatic heterocycles. The van der Waals surface area contributed by atoms with Gasteiger partial charge in [-0.05, 0) is 29.3 Å². The molecule has 0 radical (unpaired) electrons. The molecule has 0 saturated heterocycles. The minimum Gasteiger partial charge on any atom is -0.244 e. The standard InChI is InChI=1S/C14H10N4S/c1-18-14(16-9-17-18)19-13-7-6-10(8-15)11-4-2-3-5-12(11)13/h2-7,9H,1H3. The Kier molecular flexibility index (Phi) is 2.94. The fraction of sp³-hybridized carbons (Fsp3) is 0.0714. The molecule has 5 heteroatoms. The summed E-state index contributed by atoms with van der Waals surface area (Å²) in [6.07, 6.45) is 1.54. The molecule has 0 bridgehead atoms. The van der Waals surface area contributed by atoms with Gasteiger partial charge >= 0.3 is 0 Å². The molecule has 0 atom stereocenters. The van der Waals surface area contributed by atoms with Crippen molar-refractivity contribution >= 4 is 22.5 Å². The van der Waals surface area contributed by atoms with Crippen molar-refractivity contribution in [1.29, 1.82) is 5.26 Å². The van der Waals surface area contributed by atoms with Gasteiger partial charge in [-0.15, -0.1) is 0 Å². The summed E-state index contributed by atoms with van der Waals surface area (Å²) in [5.41, 5.74) is 0.693. The van der Waals surface area contributed by atoms with Crippen LogP contribution in [0, 0.1) is 11.3 Å². The average molecular weight is 266 g/mol. The summed E-state index contributed by atoms with van der Waals surface area (Å²) in [7, 11) is 1.86. The minimum absolute atomic E-state index is 0.693. The van der Waals surface area contributed by atoms with Gasteiger partial charge in [0.2, 0.25) is 0 Å². The third kappa shape index (κ3) is 2.07. The Morgan fingerprint density at radius 2 is 1.95 bits per heavy atom. The van der Waals surface area contributed by atoms with E-state index in [0.29, 0.717) is 5.56 Å². The molecule has 0 aliphatic heterocycles. The molecule has 4 nitrogen and oxygen atoms in total. The first-order valence-corrected chi connectivity index (χ1v) is 6.55. The zero-order valence-corrected chi connectivity index (χ0v) is 11.1. The fourth-order valence-electron chi connectivity index (χ4n) is 1.93. The normalized spacial score (nSPS) is 10.5. The summed E-state index contributed by atoms with van der Waals surface area (Å²) < 4.78 is 1.73. The fourth-order valence-corrected chi connectivity index (χ4v) is 2.83. The third-order valence-corrected chi connectivity index (χ3v) is 4.00. The number of benzene rings is 2. The van der Waals surface area contributed by atoms with E-state index >= 15 is 0 Å². The van der Waals surface area contributed by atoms with Crippen molar-refractivity contribution in [3.8, 4) is 6.07 Å². The Balaban J connectivity index is 2.15. The SMILES string of the molecule is Cn1ncnc1Sc1ccc(C#N)c2ccccc12. The number of fused-ring (bicyclic) bond motifs is 1. The molecule has 3 aromatic rings. The van der Waals surface area contributed by atoms with Crippen LogP contribution in [0.2, 0.25) is 0 Å². The van der Waals surface area contributed by atoms with Crippen LogP contribution >= 0.6 is 11.8 Å². The molecule has 0 fully saturated rings. The smallest absolute Gasteiger partial charge is 0.190 e. The van der Waals surface area contributed by atoms with E-state index in [4.69, 9.17) is 5.26 Å². The lowest BCUT2D eigenvalue weighted by atomic mass is 10.1. The van der Waals surface area contributed by atoms with Crippen LogP contribution in [0.3, 0.4) is 0 Å². The number of rotatable bonds is 2. The van der Waals surface area contributed by atoms with Crippen molar-refractivity contribution in [2.24, 2.45) is 7.05 Å². The highest BCUT2D eigenvalue weighted by atomic mass is 32.2. The van der Waals surface area contributed by atoms with E-state index in [1.165, 1.54) is 6.33 Å². The lowest BCUT2D eigenvalue weighted by Gasteiger charge is -2.06. The van der Waals surface area contributed by atoms with Crippen LogP contribution in [0.4, 0.5) is 0 Å². The Bertz CT molecular complexity index is 785. The monoisotopic (exact) mass is 266 g/mol. The van der Waals surface area contributed by atoms with Crippen LogP contribution in [-0.2, 0) is 7.05 Å². The van der Waals surface area contributed by atoms with Crippen molar-refractivity contribution in [3.05, 3.63) is 48.3 Å². The van der Waals surface area contributed by atoms with E-state index in [0.717, 1.165) is 20.8 Å². The van der Waals surface area contributed by atoms with E-state index < -0.39 is 0 Å². The molecule has 0 N–H and O–H groups in total. The molecule has 0 spiro atoms. The number of nitriles is 1. The van der Waals surface area contributed by atoms with Crippen LogP contribution in [0.25, 0.3) is 10.8 Å². The molecule has 0 saturated carbocycles. The number of aryl methyl sites for hydroxylation is 1. The number of nitrogens with zero attached hydrogens (tertiary/aromatic N) is 4. The van der Waals surface area contributed by atoms with Crippen LogP contribution < -0.4 is 0 Å². The van der Waals surface area contributed by atoms with Gasteiger partial charge in [-0.25, -0.2) is 9.67 Å². The van der Waals surface area contributed by atoms with Gasteiger partial charge in [-0.2, -0.15) is 10.4 Å². The summed E-state index contributed by atoms with van der Waals surface area (Å²) in [4.78, 5) is 5.28. The second-order valence-electron chi connectivity index (χ2n) is 4.04. The summed E-state index contributed by atoms with van der Waals surface area (Å²) in [6, 6.07) is 13.9. The van der Waals surface area contributed by atoms with E-state index in [-0.39, 0.29) is 0 Å². The van der Waals surface area contributed by atoms with Crippen molar-refractivity contribution in [3.63, 3.8) is 0 Å². The molecular formula is C14H10N4S. The second kappa shape index (κ2) is 4.75. The van der Waals surface area contributed by atoms with E-state index in [1.54, 1.807) is 16.4 Å². The predicted octanol–water partition coefficient (Wildman–Crippen LogP) is 2.99. The van der Waals surface area contributed by atoms with Gasteiger partial charge in [0.25, 0.3) is 0 Å². The maximum Gasteiger partial charge on any atom is 0.190 e.